The van der Waals surface area contributed by atoms with Gasteiger partial charge in [-0.3, -0.25) is 4.79 Å². The summed E-state index contributed by atoms with van der Waals surface area (Å²) >= 11 is 0. The van der Waals surface area contributed by atoms with Gasteiger partial charge in [-0.1, -0.05) is 12.1 Å². The van der Waals surface area contributed by atoms with E-state index in [1.807, 2.05) is 29.2 Å². The first-order valence-corrected chi connectivity index (χ1v) is 5.54. The Morgan fingerprint density at radius 3 is 2.62 bits per heavy atom. The number of benzene rings is 1. The summed E-state index contributed by atoms with van der Waals surface area (Å²) in [4.78, 5) is 13.7. The molecule has 3 aliphatic heterocycles. The second-order valence-corrected chi connectivity index (χ2v) is 4.30. The van der Waals surface area contributed by atoms with Crippen LogP contribution < -0.4 is 10.6 Å². The first-order valence-electron chi connectivity index (χ1n) is 5.54. The molecule has 3 heterocycles. The van der Waals surface area contributed by atoms with E-state index in [0.29, 0.717) is 13.1 Å². The number of ether oxygens (including phenoxy) is 1. The SMILES string of the molecule is NCc1ccc(N2CC3CC(O3)C2=O)cc1. The smallest absolute Gasteiger partial charge is 0.256 e. The van der Waals surface area contributed by atoms with Crippen LogP contribution in [0.15, 0.2) is 24.3 Å². The van der Waals surface area contributed by atoms with Crippen LogP contribution in [0.3, 0.4) is 0 Å². The molecule has 0 aliphatic carbocycles. The molecule has 3 fully saturated rings. The fourth-order valence-electron chi connectivity index (χ4n) is 2.25. The molecule has 1 aromatic rings. The summed E-state index contributed by atoms with van der Waals surface area (Å²) in [5, 5.41) is 0. The summed E-state index contributed by atoms with van der Waals surface area (Å²) in [5.74, 6) is 0.0861. The van der Waals surface area contributed by atoms with E-state index in [9.17, 15) is 4.79 Å². The lowest BCUT2D eigenvalue weighted by molar-refractivity contribution is -0.169. The van der Waals surface area contributed by atoms with Crippen molar-refractivity contribution in [2.24, 2.45) is 5.73 Å². The molecule has 0 saturated carbocycles. The van der Waals surface area contributed by atoms with Gasteiger partial charge in [0.2, 0.25) is 0 Å². The lowest BCUT2D eigenvalue weighted by atomic mass is 9.97. The van der Waals surface area contributed by atoms with Crippen LogP contribution in [0.5, 0.6) is 0 Å². The Kier molecular flexibility index (Phi) is 2.19. The van der Waals surface area contributed by atoms with Gasteiger partial charge < -0.3 is 15.4 Å². The molecule has 2 unspecified atom stereocenters. The molecule has 4 heteroatoms. The van der Waals surface area contributed by atoms with Crippen molar-refractivity contribution in [3.63, 3.8) is 0 Å². The van der Waals surface area contributed by atoms with E-state index < -0.39 is 0 Å². The average Bonchev–Trinajstić information content (AvgIpc) is 2.28. The lowest BCUT2D eigenvalue weighted by Crippen LogP contribution is -2.61. The maximum absolute atomic E-state index is 11.9. The van der Waals surface area contributed by atoms with Crippen LogP contribution in [-0.2, 0) is 16.1 Å². The molecule has 4 nitrogen and oxygen atoms in total. The molecule has 0 radical (unpaired) electrons. The number of anilines is 1. The van der Waals surface area contributed by atoms with Crippen LogP contribution in [0.2, 0.25) is 0 Å². The Morgan fingerprint density at radius 2 is 2.06 bits per heavy atom. The van der Waals surface area contributed by atoms with Crippen LogP contribution in [0, 0.1) is 0 Å². The highest BCUT2D eigenvalue weighted by Crippen LogP contribution is 2.32. The Balaban J connectivity index is 1.83. The monoisotopic (exact) mass is 218 g/mol. The number of carbonyl (C=O) groups excluding carboxylic acids is 1. The Labute approximate surface area is 94.0 Å². The van der Waals surface area contributed by atoms with Crippen LogP contribution in [0.4, 0.5) is 5.69 Å². The Bertz CT molecular complexity index is 410. The minimum atomic E-state index is -0.201. The van der Waals surface area contributed by atoms with Crippen LogP contribution >= 0.6 is 0 Å². The quantitative estimate of drug-likeness (QED) is 0.793. The van der Waals surface area contributed by atoms with Gasteiger partial charge in [-0.2, -0.15) is 0 Å². The van der Waals surface area contributed by atoms with Gasteiger partial charge in [0.1, 0.15) is 6.10 Å². The number of nitrogens with zero attached hydrogens (tertiary/aromatic N) is 1. The topological polar surface area (TPSA) is 55.6 Å². The number of morpholine rings is 1. The summed E-state index contributed by atoms with van der Waals surface area (Å²) in [6, 6.07) is 7.82. The predicted octanol–water partition coefficient (Wildman–Crippen LogP) is 0.649. The van der Waals surface area contributed by atoms with E-state index in [4.69, 9.17) is 10.5 Å². The molecule has 16 heavy (non-hydrogen) atoms. The third kappa shape index (κ3) is 1.42. The first-order chi connectivity index (χ1) is 7.78. The molecule has 84 valence electrons. The van der Waals surface area contributed by atoms with Crippen molar-refractivity contribution in [2.75, 3.05) is 11.4 Å². The van der Waals surface area contributed by atoms with E-state index in [2.05, 4.69) is 0 Å². The number of hydrogen-bond acceptors (Lipinski definition) is 3. The Morgan fingerprint density at radius 1 is 1.38 bits per heavy atom. The molecule has 2 bridgehead atoms. The number of piperidine rings is 1. The van der Waals surface area contributed by atoms with E-state index in [1.54, 1.807) is 0 Å². The number of nitrogens with two attached hydrogens (primary N) is 1. The van der Waals surface area contributed by atoms with E-state index >= 15 is 0 Å². The molecule has 1 amide bonds. The molecular formula is C12H14N2O2. The predicted molar refractivity (Wildman–Crippen MR) is 60.0 cm³/mol. The molecule has 1 aromatic carbocycles. The summed E-state index contributed by atoms with van der Waals surface area (Å²) in [6.45, 7) is 1.21. The molecule has 0 spiro atoms. The summed E-state index contributed by atoms with van der Waals surface area (Å²) < 4.78 is 5.37. The molecule has 3 saturated heterocycles. The molecule has 2 atom stereocenters. The zero-order chi connectivity index (χ0) is 11.1. The van der Waals surface area contributed by atoms with Crippen molar-refractivity contribution in [1.29, 1.82) is 0 Å². The Hall–Kier alpha value is -1.39. The molecular weight excluding hydrogens is 204 g/mol. The maximum Gasteiger partial charge on any atom is 0.256 e. The van der Waals surface area contributed by atoms with Gasteiger partial charge >= 0.3 is 0 Å². The van der Waals surface area contributed by atoms with Gasteiger partial charge in [0.25, 0.3) is 5.91 Å². The molecule has 0 aromatic heterocycles. The fraction of sp³-hybridized carbons (Fsp3) is 0.417. The number of rotatable bonds is 2. The van der Waals surface area contributed by atoms with E-state index in [-0.39, 0.29) is 18.1 Å². The number of fused-ring (bicyclic) bond motifs is 2. The highest BCUT2D eigenvalue weighted by molar-refractivity contribution is 5.98. The molecule has 2 N–H and O–H groups in total. The minimum absolute atomic E-state index is 0.0861. The van der Waals surface area contributed by atoms with Gasteiger partial charge in [0.15, 0.2) is 0 Å². The minimum Gasteiger partial charge on any atom is -0.363 e. The second-order valence-electron chi connectivity index (χ2n) is 4.30. The second kappa shape index (κ2) is 3.57. The van der Waals surface area contributed by atoms with Gasteiger partial charge in [-0.05, 0) is 17.7 Å². The largest absolute Gasteiger partial charge is 0.363 e. The molecule has 3 aliphatic rings. The van der Waals surface area contributed by atoms with Crippen molar-refractivity contribution in [3.05, 3.63) is 29.8 Å². The normalized spacial score (nSPS) is 27.8. The zero-order valence-electron chi connectivity index (χ0n) is 8.93. The highest BCUT2D eigenvalue weighted by atomic mass is 16.5. The van der Waals surface area contributed by atoms with Crippen LogP contribution in [0.1, 0.15) is 12.0 Å². The number of carbonyl (C=O) groups is 1. The van der Waals surface area contributed by atoms with Crippen molar-refractivity contribution in [2.45, 2.75) is 25.2 Å². The highest BCUT2D eigenvalue weighted by Gasteiger charge is 2.45. The fourth-order valence-corrected chi connectivity index (χ4v) is 2.25. The van der Waals surface area contributed by atoms with Crippen LogP contribution in [0.25, 0.3) is 0 Å². The van der Waals surface area contributed by atoms with Gasteiger partial charge in [0.05, 0.1) is 12.6 Å². The summed E-state index contributed by atoms with van der Waals surface area (Å²) in [5.41, 5.74) is 7.56. The van der Waals surface area contributed by atoms with Crippen LogP contribution in [-0.4, -0.2) is 24.7 Å². The first kappa shape index (κ1) is 9.81. The number of hydrogen-bond donors (Lipinski definition) is 1. The summed E-state index contributed by atoms with van der Waals surface area (Å²) in [7, 11) is 0. The van der Waals surface area contributed by atoms with Crippen molar-refractivity contribution in [1.82, 2.24) is 0 Å². The molecule has 4 rings (SSSR count). The van der Waals surface area contributed by atoms with E-state index in [0.717, 1.165) is 17.7 Å². The van der Waals surface area contributed by atoms with Gasteiger partial charge in [0, 0.05) is 18.7 Å². The average molecular weight is 218 g/mol. The maximum atomic E-state index is 11.9. The van der Waals surface area contributed by atoms with Gasteiger partial charge in [-0.15, -0.1) is 0 Å². The van der Waals surface area contributed by atoms with Gasteiger partial charge in [-0.25, -0.2) is 0 Å². The van der Waals surface area contributed by atoms with Crippen molar-refractivity contribution in [3.8, 4) is 0 Å². The van der Waals surface area contributed by atoms with Crippen molar-refractivity contribution >= 4 is 11.6 Å². The third-order valence-corrected chi connectivity index (χ3v) is 3.25. The third-order valence-electron chi connectivity index (χ3n) is 3.25. The zero-order valence-corrected chi connectivity index (χ0v) is 8.93. The standard InChI is InChI=1S/C12H14N2O2/c13-6-8-1-3-9(4-2-8)14-7-10-5-11(16-10)12(14)15/h1-4,10-11H,5-7,13H2. The number of amides is 1. The van der Waals surface area contributed by atoms with E-state index in [1.165, 1.54) is 0 Å². The summed E-state index contributed by atoms with van der Waals surface area (Å²) in [6.07, 6.45) is 0.917. The van der Waals surface area contributed by atoms with Crippen molar-refractivity contribution < 1.29 is 9.53 Å². The lowest BCUT2D eigenvalue weighted by Gasteiger charge is -2.45.